The van der Waals surface area contributed by atoms with E-state index in [1.54, 1.807) is 25.6 Å². The smallest absolute Gasteiger partial charge is 0.416 e. The van der Waals surface area contributed by atoms with Crippen molar-refractivity contribution in [3.05, 3.63) is 58.9 Å². The van der Waals surface area contributed by atoms with Gasteiger partial charge in [-0.25, -0.2) is 0 Å². The summed E-state index contributed by atoms with van der Waals surface area (Å²) in [5.74, 6) is 1.09. The van der Waals surface area contributed by atoms with Gasteiger partial charge in [0.15, 0.2) is 6.79 Å². The van der Waals surface area contributed by atoms with E-state index in [-0.39, 0.29) is 36.7 Å². The molecule has 1 aliphatic rings. The van der Waals surface area contributed by atoms with Crippen molar-refractivity contribution in [2.75, 3.05) is 27.1 Å². The van der Waals surface area contributed by atoms with Gasteiger partial charge in [0.05, 0.1) is 25.0 Å². The second-order valence-corrected chi connectivity index (χ2v) is 7.53. The molecule has 0 aliphatic heterocycles. The van der Waals surface area contributed by atoms with E-state index >= 15 is 0 Å². The van der Waals surface area contributed by atoms with Crippen LogP contribution in [0.3, 0.4) is 0 Å². The first-order valence-electron chi connectivity index (χ1n) is 9.89. The summed E-state index contributed by atoms with van der Waals surface area (Å²) in [7, 11) is 1.60. The second kappa shape index (κ2) is 9.76. The van der Waals surface area contributed by atoms with Crippen LogP contribution in [0.25, 0.3) is 0 Å². The molecule has 5 nitrogen and oxygen atoms in total. The number of benzene rings is 1. The van der Waals surface area contributed by atoms with E-state index in [0.29, 0.717) is 24.5 Å². The summed E-state index contributed by atoms with van der Waals surface area (Å²) >= 11 is 0. The Morgan fingerprint density at radius 3 is 2.70 bits per heavy atom. The van der Waals surface area contributed by atoms with Crippen molar-refractivity contribution in [3.8, 4) is 5.75 Å². The molecular formula is C22H27F3N2O3. The maximum Gasteiger partial charge on any atom is 0.416 e. The molecule has 3 unspecified atom stereocenters. The third kappa shape index (κ3) is 5.50. The summed E-state index contributed by atoms with van der Waals surface area (Å²) in [6.45, 7) is 2.96. The number of hydrogen-bond acceptors (Lipinski definition) is 5. The molecule has 1 fully saturated rings. The van der Waals surface area contributed by atoms with Gasteiger partial charge in [-0.2, -0.15) is 13.2 Å². The van der Waals surface area contributed by atoms with Crippen molar-refractivity contribution in [2.45, 2.75) is 37.9 Å². The van der Waals surface area contributed by atoms with Gasteiger partial charge >= 0.3 is 6.18 Å². The normalized spacial score (nSPS) is 19.5. The van der Waals surface area contributed by atoms with Crippen LogP contribution in [0.5, 0.6) is 5.75 Å². The fourth-order valence-corrected chi connectivity index (χ4v) is 3.74. The zero-order chi connectivity index (χ0) is 21.7. The minimum Gasteiger partial charge on any atom is -0.466 e. The fraction of sp³-hybridized carbons (Fsp3) is 0.500. The molecule has 1 aromatic carbocycles. The minimum absolute atomic E-state index is 0.0925. The lowest BCUT2D eigenvalue weighted by Gasteiger charge is -2.15. The third-order valence-corrected chi connectivity index (χ3v) is 5.57. The van der Waals surface area contributed by atoms with Gasteiger partial charge in [-0.3, -0.25) is 4.98 Å². The molecule has 164 valence electrons. The van der Waals surface area contributed by atoms with Crippen molar-refractivity contribution in [1.82, 2.24) is 4.98 Å². The summed E-state index contributed by atoms with van der Waals surface area (Å²) in [6.07, 6.45) is -0.175. The topological polar surface area (TPSA) is 66.6 Å². The number of halogens is 3. The SMILES string of the molecule is COCCOCOc1cncc(C(C)C2CC2c2ccc(CN)c(C(F)(F)F)c2)c1. The largest absolute Gasteiger partial charge is 0.466 e. The van der Waals surface area contributed by atoms with Gasteiger partial charge in [0.1, 0.15) is 5.75 Å². The number of alkyl halides is 3. The monoisotopic (exact) mass is 424 g/mol. The lowest BCUT2D eigenvalue weighted by Crippen LogP contribution is -2.12. The summed E-state index contributed by atoms with van der Waals surface area (Å²) in [5.41, 5.74) is 6.67. The maximum atomic E-state index is 13.3. The quantitative estimate of drug-likeness (QED) is 0.450. The zero-order valence-electron chi connectivity index (χ0n) is 17.1. The highest BCUT2D eigenvalue weighted by molar-refractivity contribution is 5.39. The number of pyridine rings is 1. The number of methoxy groups -OCH3 is 1. The van der Waals surface area contributed by atoms with Gasteiger partial charge in [-0.05, 0) is 53.0 Å². The first kappa shape index (κ1) is 22.5. The molecule has 1 aliphatic carbocycles. The number of ether oxygens (including phenoxy) is 3. The molecule has 3 rings (SSSR count). The van der Waals surface area contributed by atoms with Gasteiger partial charge in [-0.15, -0.1) is 0 Å². The van der Waals surface area contributed by atoms with Crippen LogP contribution in [0.4, 0.5) is 13.2 Å². The molecule has 0 amide bonds. The first-order chi connectivity index (χ1) is 14.3. The number of rotatable bonds is 10. The molecule has 2 aromatic rings. The Labute approximate surface area is 174 Å². The van der Waals surface area contributed by atoms with Gasteiger partial charge in [0.2, 0.25) is 0 Å². The van der Waals surface area contributed by atoms with Gasteiger partial charge in [0, 0.05) is 19.9 Å². The van der Waals surface area contributed by atoms with Crippen molar-refractivity contribution < 1.29 is 27.4 Å². The number of nitrogens with zero attached hydrogens (tertiary/aromatic N) is 1. The standard InChI is InChI=1S/C22H27F3N2O3/c1-14(17-7-18(12-27-11-17)30-13-29-6-5-28-2)19-9-20(19)15-3-4-16(10-26)21(8-15)22(23,24)25/h3-4,7-8,11-12,14,19-20H,5-6,9-10,13,26H2,1-2H3. The number of aromatic nitrogens is 1. The third-order valence-electron chi connectivity index (χ3n) is 5.57. The Bertz CT molecular complexity index is 845. The highest BCUT2D eigenvalue weighted by Crippen LogP contribution is 2.55. The summed E-state index contributed by atoms with van der Waals surface area (Å²) in [4.78, 5) is 4.23. The second-order valence-electron chi connectivity index (χ2n) is 7.53. The Morgan fingerprint density at radius 1 is 1.20 bits per heavy atom. The van der Waals surface area contributed by atoms with Crippen LogP contribution in [-0.4, -0.2) is 32.1 Å². The zero-order valence-corrected chi connectivity index (χ0v) is 17.1. The van der Waals surface area contributed by atoms with E-state index in [9.17, 15) is 13.2 Å². The van der Waals surface area contributed by atoms with Crippen LogP contribution in [0.15, 0.2) is 36.7 Å². The van der Waals surface area contributed by atoms with Crippen LogP contribution >= 0.6 is 0 Å². The average molecular weight is 424 g/mol. The minimum atomic E-state index is -4.40. The lowest BCUT2D eigenvalue weighted by atomic mass is 9.93. The van der Waals surface area contributed by atoms with E-state index in [1.165, 1.54) is 12.1 Å². The summed E-state index contributed by atoms with van der Waals surface area (Å²) in [6, 6.07) is 6.43. The average Bonchev–Trinajstić information content (AvgIpc) is 3.53. The first-order valence-corrected chi connectivity index (χ1v) is 9.89. The number of nitrogens with two attached hydrogens (primary N) is 1. The highest BCUT2D eigenvalue weighted by atomic mass is 19.4. The Kier molecular flexibility index (Phi) is 7.33. The van der Waals surface area contributed by atoms with Gasteiger partial charge in [-0.1, -0.05) is 19.1 Å². The lowest BCUT2D eigenvalue weighted by molar-refractivity contribution is -0.138. The Morgan fingerprint density at radius 2 is 2.00 bits per heavy atom. The molecule has 1 aromatic heterocycles. The maximum absolute atomic E-state index is 13.3. The summed E-state index contributed by atoms with van der Waals surface area (Å²) < 4.78 is 55.8. The molecule has 2 N–H and O–H groups in total. The molecule has 30 heavy (non-hydrogen) atoms. The van der Waals surface area contributed by atoms with Crippen LogP contribution < -0.4 is 10.5 Å². The van der Waals surface area contributed by atoms with Gasteiger partial charge < -0.3 is 19.9 Å². The van der Waals surface area contributed by atoms with Crippen molar-refractivity contribution in [1.29, 1.82) is 0 Å². The Hall–Kier alpha value is -2.16. The summed E-state index contributed by atoms with van der Waals surface area (Å²) in [5, 5.41) is 0. The molecule has 0 radical (unpaired) electrons. The molecule has 8 heteroatoms. The highest BCUT2D eigenvalue weighted by Gasteiger charge is 2.44. The number of hydrogen-bond donors (Lipinski definition) is 1. The van der Waals surface area contributed by atoms with E-state index < -0.39 is 11.7 Å². The van der Waals surface area contributed by atoms with Crippen LogP contribution in [0.2, 0.25) is 0 Å². The van der Waals surface area contributed by atoms with E-state index in [4.69, 9.17) is 19.9 Å². The molecule has 1 saturated carbocycles. The molecule has 3 atom stereocenters. The predicted octanol–water partition coefficient (Wildman–Crippen LogP) is 4.47. The molecule has 1 heterocycles. The van der Waals surface area contributed by atoms with E-state index in [2.05, 4.69) is 11.9 Å². The van der Waals surface area contributed by atoms with Crippen LogP contribution in [-0.2, 0) is 22.2 Å². The fourth-order valence-electron chi connectivity index (χ4n) is 3.74. The Balaban J connectivity index is 1.64. The van der Waals surface area contributed by atoms with Crippen LogP contribution in [0.1, 0.15) is 47.4 Å². The van der Waals surface area contributed by atoms with Crippen molar-refractivity contribution in [3.63, 3.8) is 0 Å². The van der Waals surface area contributed by atoms with Crippen molar-refractivity contribution >= 4 is 0 Å². The predicted molar refractivity (Wildman–Crippen MR) is 106 cm³/mol. The van der Waals surface area contributed by atoms with E-state index in [0.717, 1.165) is 12.0 Å². The molecule has 0 saturated heterocycles. The molecule has 0 spiro atoms. The molecule has 0 bridgehead atoms. The molecular weight excluding hydrogens is 397 g/mol. The van der Waals surface area contributed by atoms with Crippen molar-refractivity contribution in [2.24, 2.45) is 11.7 Å². The van der Waals surface area contributed by atoms with E-state index in [1.807, 2.05) is 6.07 Å². The van der Waals surface area contributed by atoms with Crippen LogP contribution in [0, 0.1) is 5.92 Å². The van der Waals surface area contributed by atoms with Gasteiger partial charge in [0.25, 0.3) is 0 Å².